The highest BCUT2D eigenvalue weighted by Gasteiger charge is 2.11. The Balaban J connectivity index is 3.17. The quantitative estimate of drug-likeness (QED) is 0.206. The molecule has 0 amide bonds. The fraction of sp³-hybridized carbons (Fsp3) is 0.833. The number of halogens is 1. The van der Waals surface area contributed by atoms with Gasteiger partial charge in [-0.25, -0.2) is 0 Å². The molecule has 0 heterocycles. The van der Waals surface area contributed by atoms with Crippen LogP contribution in [0.5, 0.6) is 0 Å². The third-order valence-electron chi connectivity index (χ3n) is 3.74. The number of unbranched alkanes of at least 4 members (excludes halogenated alkanes) is 10. The molecule has 0 saturated heterocycles. The van der Waals surface area contributed by atoms with Crippen molar-refractivity contribution in [2.45, 2.75) is 95.2 Å². The minimum atomic E-state index is -0.743. The molecule has 0 aliphatic heterocycles. The summed E-state index contributed by atoms with van der Waals surface area (Å²) in [5, 5.41) is 8.73. The summed E-state index contributed by atoms with van der Waals surface area (Å²) in [6.45, 7) is 2.26. The van der Waals surface area contributed by atoms with Crippen molar-refractivity contribution in [2.24, 2.45) is 0 Å². The third-order valence-corrected chi connectivity index (χ3v) is 4.59. The van der Waals surface area contributed by atoms with Crippen LogP contribution in [0.15, 0.2) is 12.2 Å². The van der Waals surface area contributed by atoms with Gasteiger partial charge in [-0.2, -0.15) is 0 Å². The summed E-state index contributed by atoms with van der Waals surface area (Å²) in [7, 11) is 0. The SMILES string of the molecule is CCCCCCCCC=CCCCCCCC(Br)C(=O)O. The molecule has 0 radical (unpaired) electrons. The van der Waals surface area contributed by atoms with Crippen LogP contribution in [0.4, 0.5) is 0 Å². The number of rotatable bonds is 15. The zero-order valence-corrected chi connectivity index (χ0v) is 15.2. The molecule has 0 aliphatic rings. The molecule has 0 aromatic heterocycles. The van der Waals surface area contributed by atoms with Crippen LogP contribution in [0, 0.1) is 0 Å². The molecule has 2 nitrogen and oxygen atoms in total. The first kappa shape index (κ1) is 20.7. The Kier molecular flexibility index (Phi) is 15.8. The van der Waals surface area contributed by atoms with Crippen molar-refractivity contribution in [3.05, 3.63) is 12.2 Å². The zero-order chi connectivity index (χ0) is 15.8. The number of aliphatic carboxylic acids is 1. The first-order valence-electron chi connectivity index (χ1n) is 8.70. The van der Waals surface area contributed by atoms with E-state index < -0.39 is 5.97 Å². The molecule has 0 saturated carbocycles. The van der Waals surface area contributed by atoms with E-state index in [-0.39, 0.29) is 4.83 Å². The van der Waals surface area contributed by atoms with Crippen LogP contribution < -0.4 is 0 Å². The van der Waals surface area contributed by atoms with Gasteiger partial charge in [0.15, 0.2) is 0 Å². The summed E-state index contributed by atoms with van der Waals surface area (Å²) < 4.78 is 0. The average Bonchev–Trinajstić information content (AvgIpc) is 2.47. The molecule has 0 aliphatic carbocycles. The molecule has 1 atom stereocenters. The van der Waals surface area contributed by atoms with E-state index in [4.69, 9.17) is 5.11 Å². The summed E-state index contributed by atoms with van der Waals surface area (Å²) >= 11 is 3.17. The van der Waals surface area contributed by atoms with Crippen molar-refractivity contribution in [1.82, 2.24) is 0 Å². The minimum Gasteiger partial charge on any atom is -0.480 e. The van der Waals surface area contributed by atoms with E-state index >= 15 is 0 Å². The number of carbonyl (C=O) groups is 1. The van der Waals surface area contributed by atoms with Gasteiger partial charge >= 0.3 is 5.97 Å². The molecule has 1 N–H and O–H groups in total. The minimum absolute atomic E-state index is 0.366. The van der Waals surface area contributed by atoms with E-state index in [2.05, 4.69) is 35.0 Å². The van der Waals surface area contributed by atoms with Crippen molar-refractivity contribution in [2.75, 3.05) is 0 Å². The second-order valence-electron chi connectivity index (χ2n) is 5.83. The Morgan fingerprint density at radius 3 is 1.90 bits per heavy atom. The van der Waals surface area contributed by atoms with E-state index in [0.717, 1.165) is 19.3 Å². The second kappa shape index (κ2) is 16.1. The van der Waals surface area contributed by atoms with Gasteiger partial charge in [-0.05, 0) is 32.1 Å². The topological polar surface area (TPSA) is 37.3 Å². The molecular formula is C18H33BrO2. The number of carboxylic acids is 1. The monoisotopic (exact) mass is 360 g/mol. The standard InChI is InChI=1S/C18H33BrO2/c1-2-3-4-5-6-7-8-9-10-11-12-13-14-15-16-17(19)18(20)21/h9-10,17H,2-8,11-16H2,1H3,(H,20,21). The predicted octanol–water partition coefficient (Wildman–Crippen LogP) is 6.48. The molecule has 0 aromatic rings. The van der Waals surface area contributed by atoms with Crippen LogP contribution >= 0.6 is 15.9 Å². The molecule has 124 valence electrons. The Bertz CT molecular complexity index is 264. The Morgan fingerprint density at radius 1 is 0.905 bits per heavy atom. The zero-order valence-electron chi connectivity index (χ0n) is 13.7. The van der Waals surface area contributed by atoms with Gasteiger partial charge in [-0.1, -0.05) is 86.4 Å². The fourth-order valence-electron chi connectivity index (χ4n) is 2.34. The van der Waals surface area contributed by atoms with E-state index in [1.165, 1.54) is 64.2 Å². The highest BCUT2D eigenvalue weighted by molar-refractivity contribution is 9.10. The molecule has 3 heteroatoms. The van der Waals surface area contributed by atoms with Crippen LogP contribution in [0.2, 0.25) is 0 Å². The highest BCUT2D eigenvalue weighted by atomic mass is 79.9. The third kappa shape index (κ3) is 15.9. The number of allylic oxidation sites excluding steroid dienone is 2. The molecule has 0 spiro atoms. The lowest BCUT2D eigenvalue weighted by molar-refractivity contribution is -0.136. The molecule has 0 aromatic carbocycles. The maximum atomic E-state index is 10.6. The summed E-state index contributed by atoms with van der Waals surface area (Å²) in [5.74, 6) is -0.743. The van der Waals surface area contributed by atoms with Crippen molar-refractivity contribution >= 4 is 21.9 Å². The van der Waals surface area contributed by atoms with E-state index in [1.807, 2.05) is 0 Å². The molecule has 0 bridgehead atoms. The van der Waals surface area contributed by atoms with Crippen LogP contribution in [-0.4, -0.2) is 15.9 Å². The van der Waals surface area contributed by atoms with Crippen LogP contribution in [-0.2, 0) is 4.79 Å². The van der Waals surface area contributed by atoms with Gasteiger partial charge in [0, 0.05) is 0 Å². The average molecular weight is 361 g/mol. The summed E-state index contributed by atoms with van der Waals surface area (Å²) in [4.78, 5) is 10.2. The Morgan fingerprint density at radius 2 is 1.38 bits per heavy atom. The number of hydrogen-bond acceptors (Lipinski definition) is 1. The van der Waals surface area contributed by atoms with E-state index in [1.54, 1.807) is 0 Å². The van der Waals surface area contributed by atoms with Crippen LogP contribution in [0.1, 0.15) is 90.4 Å². The van der Waals surface area contributed by atoms with Crippen molar-refractivity contribution in [1.29, 1.82) is 0 Å². The first-order valence-corrected chi connectivity index (χ1v) is 9.62. The lowest BCUT2D eigenvalue weighted by Crippen LogP contribution is -2.11. The van der Waals surface area contributed by atoms with Gasteiger partial charge in [0.2, 0.25) is 0 Å². The lowest BCUT2D eigenvalue weighted by Gasteiger charge is -2.03. The lowest BCUT2D eigenvalue weighted by atomic mass is 10.1. The maximum Gasteiger partial charge on any atom is 0.317 e. The van der Waals surface area contributed by atoms with Crippen LogP contribution in [0.3, 0.4) is 0 Å². The van der Waals surface area contributed by atoms with Gasteiger partial charge < -0.3 is 5.11 Å². The van der Waals surface area contributed by atoms with Crippen molar-refractivity contribution in [3.63, 3.8) is 0 Å². The predicted molar refractivity (Wildman–Crippen MR) is 95.2 cm³/mol. The van der Waals surface area contributed by atoms with Gasteiger partial charge in [-0.3, -0.25) is 4.79 Å². The normalized spacial score (nSPS) is 12.9. The van der Waals surface area contributed by atoms with E-state index in [9.17, 15) is 4.79 Å². The maximum absolute atomic E-state index is 10.6. The van der Waals surface area contributed by atoms with Gasteiger partial charge in [0.25, 0.3) is 0 Å². The summed E-state index contributed by atoms with van der Waals surface area (Å²) in [5.41, 5.74) is 0. The van der Waals surface area contributed by atoms with Crippen molar-refractivity contribution < 1.29 is 9.90 Å². The highest BCUT2D eigenvalue weighted by Crippen LogP contribution is 2.13. The number of alkyl halides is 1. The number of carboxylic acid groups (broad SMARTS) is 1. The number of hydrogen-bond donors (Lipinski definition) is 1. The molecule has 1 unspecified atom stereocenters. The Labute approximate surface area is 139 Å². The molecular weight excluding hydrogens is 328 g/mol. The van der Waals surface area contributed by atoms with Gasteiger partial charge in [-0.15, -0.1) is 0 Å². The van der Waals surface area contributed by atoms with Crippen molar-refractivity contribution in [3.8, 4) is 0 Å². The van der Waals surface area contributed by atoms with E-state index in [0.29, 0.717) is 0 Å². The summed E-state index contributed by atoms with van der Waals surface area (Å²) in [6, 6.07) is 0. The van der Waals surface area contributed by atoms with Gasteiger partial charge in [0.1, 0.15) is 4.83 Å². The van der Waals surface area contributed by atoms with Gasteiger partial charge in [0.05, 0.1) is 0 Å². The largest absolute Gasteiger partial charge is 0.480 e. The summed E-state index contributed by atoms with van der Waals surface area (Å²) in [6.07, 6.45) is 20.6. The molecule has 0 rings (SSSR count). The first-order chi connectivity index (χ1) is 10.2. The fourth-order valence-corrected chi connectivity index (χ4v) is 2.66. The van der Waals surface area contributed by atoms with Crippen LogP contribution in [0.25, 0.3) is 0 Å². The second-order valence-corrected chi connectivity index (χ2v) is 6.93. The molecule has 0 fully saturated rings. The smallest absolute Gasteiger partial charge is 0.317 e. The Hall–Kier alpha value is -0.310. The molecule has 21 heavy (non-hydrogen) atoms.